The van der Waals surface area contributed by atoms with Crippen molar-refractivity contribution in [1.29, 1.82) is 0 Å². The largest absolute Gasteiger partial charge is 0.481 e. The molecular weight excluding hydrogens is 286 g/mol. The lowest BCUT2D eigenvalue weighted by atomic mass is 10.2. The molecule has 0 bridgehead atoms. The monoisotopic (exact) mass is 309 g/mol. The maximum Gasteiger partial charge on any atom is 0.308 e. The summed E-state index contributed by atoms with van der Waals surface area (Å²) in [5.41, 5.74) is 1.07. The van der Waals surface area contributed by atoms with Gasteiger partial charge < -0.3 is 10.0 Å². The molecular formula is C15H23N3O2S. The van der Waals surface area contributed by atoms with Gasteiger partial charge in [-0.25, -0.2) is 4.98 Å². The number of thiazole rings is 1. The summed E-state index contributed by atoms with van der Waals surface area (Å²) in [5, 5.41) is 10.1. The molecule has 21 heavy (non-hydrogen) atoms. The van der Waals surface area contributed by atoms with Crippen LogP contribution in [0.3, 0.4) is 0 Å². The van der Waals surface area contributed by atoms with E-state index in [4.69, 9.17) is 10.1 Å². The Labute approximate surface area is 129 Å². The zero-order valence-electron chi connectivity index (χ0n) is 12.5. The maximum absolute atomic E-state index is 11.0. The number of hydrogen-bond donors (Lipinski definition) is 1. The highest BCUT2D eigenvalue weighted by atomic mass is 32.1. The van der Waals surface area contributed by atoms with Crippen molar-refractivity contribution in [2.75, 3.05) is 32.7 Å². The second kappa shape index (κ2) is 6.42. The highest BCUT2D eigenvalue weighted by Crippen LogP contribution is 2.43. The SMILES string of the molecule is CCN1CCN(Cc2nc(C3CC3)c(CC(=O)O)s2)CC1. The molecule has 1 aliphatic heterocycles. The van der Waals surface area contributed by atoms with Crippen LogP contribution < -0.4 is 0 Å². The van der Waals surface area contributed by atoms with Crippen molar-refractivity contribution in [3.8, 4) is 0 Å². The van der Waals surface area contributed by atoms with Gasteiger partial charge in [-0.05, 0) is 19.4 Å². The van der Waals surface area contributed by atoms with E-state index in [0.717, 1.165) is 54.8 Å². The number of likely N-dealkylation sites (N-methyl/N-ethyl adjacent to an activating group) is 1. The molecule has 1 aromatic heterocycles. The van der Waals surface area contributed by atoms with Gasteiger partial charge in [0.05, 0.1) is 18.7 Å². The Hall–Kier alpha value is -0.980. The van der Waals surface area contributed by atoms with Crippen molar-refractivity contribution in [2.45, 2.75) is 38.6 Å². The van der Waals surface area contributed by atoms with E-state index in [1.54, 1.807) is 11.3 Å². The van der Waals surface area contributed by atoms with Crippen LogP contribution in [0.5, 0.6) is 0 Å². The quantitative estimate of drug-likeness (QED) is 0.868. The van der Waals surface area contributed by atoms with Gasteiger partial charge >= 0.3 is 5.97 Å². The van der Waals surface area contributed by atoms with Gasteiger partial charge in [-0.15, -0.1) is 11.3 Å². The van der Waals surface area contributed by atoms with Crippen LogP contribution in [0, 0.1) is 0 Å². The summed E-state index contributed by atoms with van der Waals surface area (Å²) < 4.78 is 0. The van der Waals surface area contributed by atoms with Gasteiger partial charge in [0, 0.05) is 37.0 Å². The third-order valence-electron chi connectivity index (χ3n) is 4.32. The highest BCUT2D eigenvalue weighted by Gasteiger charge is 2.30. The molecule has 116 valence electrons. The fourth-order valence-corrected chi connectivity index (χ4v) is 4.06. The summed E-state index contributed by atoms with van der Waals surface area (Å²) in [7, 11) is 0. The van der Waals surface area contributed by atoms with Crippen molar-refractivity contribution in [1.82, 2.24) is 14.8 Å². The second-order valence-corrected chi connectivity index (χ2v) is 7.14. The molecule has 1 saturated heterocycles. The van der Waals surface area contributed by atoms with Gasteiger partial charge in [-0.3, -0.25) is 9.69 Å². The first-order valence-electron chi connectivity index (χ1n) is 7.80. The van der Waals surface area contributed by atoms with Crippen LogP contribution in [-0.2, 0) is 17.8 Å². The second-order valence-electron chi connectivity index (χ2n) is 5.97. The predicted molar refractivity (Wildman–Crippen MR) is 82.8 cm³/mol. The van der Waals surface area contributed by atoms with Crippen LogP contribution in [0.15, 0.2) is 0 Å². The summed E-state index contributed by atoms with van der Waals surface area (Å²) >= 11 is 1.61. The molecule has 3 rings (SSSR count). The van der Waals surface area contributed by atoms with E-state index in [9.17, 15) is 4.79 Å². The predicted octanol–water partition coefficient (Wildman–Crippen LogP) is 1.79. The number of rotatable bonds is 6. The first kappa shape index (κ1) is 14.9. The number of carboxylic acid groups (broad SMARTS) is 1. The van der Waals surface area contributed by atoms with Crippen LogP contribution >= 0.6 is 11.3 Å². The van der Waals surface area contributed by atoms with Crippen LogP contribution in [0.25, 0.3) is 0 Å². The molecule has 0 spiro atoms. The molecule has 0 aromatic carbocycles. The van der Waals surface area contributed by atoms with Crippen molar-refractivity contribution in [3.05, 3.63) is 15.6 Å². The Bertz CT molecular complexity index is 505. The number of carbonyl (C=O) groups is 1. The summed E-state index contributed by atoms with van der Waals surface area (Å²) in [6.45, 7) is 8.62. The average molecular weight is 309 g/mol. The van der Waals surface area contributed by atoms with E-state index in [2.05, 4.69) is 16.7 Å². The molecule has 0 radical (unpaired) electrons. The Kier molecular flexibility index (Phi) is 4.57. The molecule has 6 heteroatoms. The molecule has 5 nitrogen and oxygen atoms in total. The minimum Gasteiger partial charge on any atom is -0.481 e. The van der Waals surface area contributed by atoms with Crippen molar-refractivity contribution in [3.63, 3.8) is 0 Å². The highest BCUT2D eigenvalue weighted by molar-refractivity contribution is 7.11. The first-order chi connectivity index (χ1) is 10.2. The lowest BCUT2D eigenvalue weighted by Gasteiger charge is -2.33. The Morgan fingerprint density at radius 1 is 1.29 bits per heavy atom. The van der Waals surface area contributed by atoms with Gasteiger partial charge in [-0.1, -0.05) is 6.92 Å². The normalized spacial score (nSPS) is 20.8. The number of hydrogen-bond acceptors (Lipinski definition) is 5. The fraction of sp³-hybridized carbons (Fsp3) is 0.733. The lowest BCUT2D eigenvalue weighted by Crippen LogP contribution is -2.45. The van der Waals surface area contributed by atoms with Crippen LogP contribution in [-0.4, -0.2) is 58.6 Å². The van der Waals surface area contributed by atoms with E-state index in [-0.39, 0.29) is 6.42 Å². The van der Waals surface area contributed by atoms with E-state index >= 15 is 0 Å². The average Bonchev–Trinajstić information content (AvgIpc) is 3.23. The molecule has 2 heterocycles. The third-order valence-corrected chi connectivity index (χ3v) is 5.37. The van der Waals surface area contributed by atoms with Gasteiger partial charge in [0.15, 0.2) is 0 Å². The number of aromatic nitrogens is 1. The van der Waals surface area contributed by atoms with Gasteiger partial charge in [0.1, 0.15) is 5.01 Å². The molecule has 2 fully saturated rings. The molecule has 2 aliphatic rings. The Morgan fingerprint density at radius 3 is 2.52 bits per heavy atom. The van der Waals surface area contributed by atoms with Crippen LogP contribution in [0.2, 0.25) is 0 Å². The minimum atomic E-state index is -0.747. The summed E-state index contributed by atoms with van der Waals surface area (Å²) in [6, 6.07) is 0. The summed E-state index contributed by atoms with van der Waals surface area (Å²) in [6.07, 6.45) is 2.48. The number of carboxylic acids is 1. The maximum atomic E-state index is 11.0. The van der Waals surface area contributed by atoms with Crippen LogP contribution in [0.1, 0.15) is 41.3 Å². The zero-order valence-corrected chi connectivity index (χ0v) is 13.4. The standard InChI is InChI=1S/C15H23N3O2S/c1-2-17-5-7-18(8-6-17)10-13-16-15(11-3-4-11)12(21-13)9-14(19)20/h11H,2-10H2,1H3,(H,19,20). The molecule has 0 unspecified atom stereocenters. The topological polar surface area (TPSA) is 56.7 Å². The Morgan fingerprint density at radius 2 is 1.95 bits per heavy atom. The van der Waals surface area contributed by atoms with Gasteiger partial charge in [0.2, 0.25) is 0 Å². The minimum absolute atomic E-state index is 0.132. The summed E-state index contributed by atoms with van der Waals surface area (Å²) in [4.78, 5) is 21.6. The Balaban J connectivity index is 1.64. The lowest BCUT2D eigenvalue weighted by molar-refractivity contribution is -0.136. The van der Waals surface area contributed by atoms with Crippen molar-refractivity contribution >= 4 is 17.3 Å². The summed E-state index contributed by atoms with van der Waals surface area (Å²) in [5.74, 6) is -0.218. The molecule has 1 saturated carbocycles. The number of nitrogens with zero attached hydrogens (tertiary/aromatic N) is 3. The molecule has 1 aromatic rings. The van der Waals surface area contributed by atoms with Crippen molar-refractivity contribution in [2.24, 2.45) is 0 Å². The first-order valence-corrected chi connectivity index (χ1v) is 8.62. The number of piperazine rings is 1. The smallest absolute Gasteiger partial charge is 0.308 e. The van der Waals surface area contributed by atoms with E-state index in [1.165, 1.54) is 12.8 Å². The fourth-order valence-electron chi connectivity index (χ4n) is 2.88. The molecule has 0 amide bonds. The molecule has 1 N–H and O–H groups in total. The van der Waals surface area contributed by atoms with E-state index in [1.807, 2.05) is 0 Å². The van der Waals surface area contributed by atoms with Gasteiger partial charge in [0.25, 0.3) is 0 Å². The third kappa shape index (κ3) is 3.81. The molecule has 0 atom stereocenters. The van der Waals surface area contributed by atoms with Crippen LogP contribution in [0.4, 0.5) is 0 Å². The van der Waals surface area contributed by atoms with E-state index < -0.39 is 5.97 Å². The molecule has 1 aliphatic carbocycles. The van der Waals surface area contributed by atoms with Crippen molar-refractivity contribution < 1.29 is 9.90 Å². The zero-order chi connectivity index (χ0) is 14.8. The van der Waals surface area contributed by atoms with Gasteiger partial charge in [-0.2, -0.15) is 0 Å². The number of aliphatic carboxylic acids is 1. The van der Waals surface area contributed by atoms with E-state index in [0.29, 0.717) is 5.92 Å².